The van der Waals surface area contributed by atoms with Gasteiger partial charge in [-0.15, -0.1) is 0 Å². The highest BCUT2D eigenvalue weighted by Gasteiger charge is 2.40. The molecular weight excluding hydrogens is 282 g/mol. The fourth-order valence-electron chi connectivity index (χ4n) is 2.05. The van der Waals surface area contributed by atoms with Crippen molar-refractivity contribution in [3.05, 3.63) is 29.8 Å². The molecule has 0 fully saturated rings. The Kier molecular flexibility index (Phi) is 5.97. The van der Waals surface area contributed by atoms with Crippen LogP contribution >= 0.6 is 0 Å². The fraction of sp³-hybridized carbons (Fsp3) is 0.529. The molecule has 22 heavy (non-hydrogen) atoms. The maximum atomic E-state index is 12.5. The summed E-state index contributed by atoms with van der Waals surface area (Å²) >= 11 is 0. The van der Waals surface area contributed by atoms with Crippen LogP contribution < -0.4 is 10.1 Å². The Morgan fingerprint density at radius 2 is 1.64 bits per heavy atom. The lowest BCUT2D eigenvalue weighted by Gasteiger charge is -2.32. The predicted molar refractivity (Wildman–Crippen MR) is 84.8 cm³/mol. The molecule has 1 N–H and O–H groups in total. The van der Waals surface area contributed by atoms with Gasteiger partial charge in [-0.1, -0.05) is 26.0 Å². The summed E-state index contributed by atoms with van der Waals surface area (Å²) in [6.45, 7) is 7.22. The number of hydrogen-bond acceptors (Lipinski definition) is 4. The number of rotatable bonds is 6. The van der Waals surface area contributed by atoms with Gasteiger partial charge in [0.15, 0.2) is 0 Å². The van der Waals surface area contributed by atoms with Gasteiger partial charge >= 0.3 is 5.97 Å². The lowest BCUT2D eigenvalue weighted by Crippen LogP contribution is -2.57. The minimum absolute atomic E-state index is 0.0908. The van der Waals surface area contributed by atoms with E-state index in [0.29, 0.717) is 0 Å². The van der Waals surface area contributed by atoms with Gasteiger partial charge < -0.3 is 14.8 Å². The van der Waals surface area contributed by atoms with Crippen molar-refractivity contribution in [3.63, 3.8) is 0 Å². The second-order valence-electron chi connectivity index (χ2n) is 5.83. The smallest absolute Gasteiger partial charge is 0.331 e. The normalized spacial score (nSPS) is 14.9. The van der Waals surface area contributed by atoms with Crippen LogP contribution in [0.25, 0.3) is 0 Å². The first-order valence-corrected chi connectivity index (χ1v) is 7.30. The predicted octanol–water partition coefficient (Wildman–Crippen LogP) is 2.50. The van der Waals surface area contributed by atoms with E-state index in [0.717, 1.165) is 11.3 Å². The minimum atomic E-state index is -1.05. The molecule has 1 aromatic carbocycles. The zero-order valence-electron chi connectivity index (χ0n) is 14.1. The van der Waals surface area contributed by atoms with Crippen LogP contribution in [0.1, 0.15) is 39.2 Å². The molecule has 122 valence electrons. The quantitative estimate of drug-likeness (QED) is 0.820. The first-order valence-electron chi connectivity index (χ1n) is 7.30. The Bertz CT molecular complexity index is 524. The van der Waals surface area contributed by atoms with E-state index >= 15 is 0 Å². The van der Waals surface area contributed by atoms with Crippen LogP contribution in [0.4, 0.5) is 0 Å². The number of methoxy groups -OCH3 is 2. The Balaban J connectivity index is 2.91. The van der Waals surface area contributed by atoms with Gasteiger partial charge in [0.25, 0.3) is 0 Å². The topological polar surface area (TPSA) is 64.6 Å². The molecule has 2 atom stereocenters. The van der Waals surface area contributed by atoms with Gasteiger partial charge in [0, 0.05) is 0 Å². The molecule has 0 bridgehead atoms. The summed E-state index contributed by atoms with van der Waals surface area (Å²) in [5.41, 5.74) is -0.193. The van der Waals surface area contributed by atoms with Gasteiger partial charge in [-0.2, -0.15) is 0 Å². The highest BCUT2D eigenvalue weighted by molar-refractivity contribution is 5.90. The van der Waals surface area contributed by atoms with Gasteiger partial charge in [-0.05, 0) is 37.5 Å². The molecule has 5 nitrogen and oxygen atoms in total. The van der Waals surface area contributed by atoms with Crippen LogP contribution in [0.15, 0.2) is 24.3 Å². The van der Waals surface area contributed by atoms with E-state index in [1.165, 1.54) is 7.11 Å². The summed E-state index contributed by atoms with van der Waals surface area (Å²) in [4.78, 5) is 24.5. The fourth-order valence-corrected chi connectivity index (χ4v) is 2.05. The number of ether oxygens (including phenoxy) is 2. The number of carbonyl (C=O) groups is 2. The molecule has 0 aliphatic heterocycles. The molecule has 1 rings (SSSR count). The van der Waals surface area contributed by atoms with Crippen molar-refractivity contribution < 1.29 is 19.1 Å². The Hall–Kier alpha value is -2.04. The summed E-state index contributed by atoms with van der Waals surface area (Å²) in [6, 6.07) is 7.30. The zero-order chi connectivity index (χ0) is 16.9. The van der Waals surface area contributed by atoms with Crippen molar-refractivity contribution in [2.45, 2.75) is 39.2 Å². The highest BCUT2D eigenvalue weighted by atomic mass is 16.5. The SMILES string of the molecule is COC(=O)C(C)(NC(=O)C(C)c1ccc(OC)cc1)C(C)C. The van der Waals surface area contributed by atoms with Crippen molar-refractivity contribution in [2.24, 2.45) is 5.92 Å². The van der Waals surface area contributed by atoms with E-state index in [9.17, 15) is 9.59 Å². The molecule has 1 amide bonds. The molecule has 0 radical (unpaired) electrons. The van der Waals surface area contributed by atoms with E-state index in [1.807, 2.05) is 26.0 Å². The first-order chi connectivity index (χ1) is 10.3. The minimum Gasteiger partial charge on any atom is -0.497 e. The maximum absolute atomic E-state index is 12.5. The van der Waals surface area contributed by atoms with E-state index < -0.39 is 11.5 Å². The number of nitrogens with one attached hydrogen (secondary N) is 1. The second-order valence-corrected chi connectivity index (χ2v) is 5.83. The molecular formula is C17H25NO4. The molecule has 0 spiro atoms. The van der Waals surface area contributed by atoms with Crippen molar-refractivity contribution in [2.75, 3.05) is 14.2 Å². The average Bonchev–Trinajstić information content (AvgIpc) is 2.52. The van der Waals surface area contributed by atoms with Gasteiger partial charge in [0.05, 0.1) is 20.1 Å². The number of benzene rings is 1. The Morgan fingerprint density at radius 3 is 2.05 bits per heavy atom. The zero-order valence-corrected chi connectivity index (χ0v) is 14.1. The largest absolute Gasteiger partial charge is 0.497 e. The lowest BCUT2D eigenvalue weighted by molar-refractivity contribution is -0.152. The van der Waals surface area contributed by atoms with E-state index in [-0.39, 0.29) is 17.7 Å². The van der Waals surface area contributed by atoms with Crippen molar-refractivity contribution in [1.82, 2.24) is 5.32 Å². The molecule has 2 unspecified atom stereocenters. The molecule has 1 aromatic rings. The number of hydrogen-bond donors (Lipinski definition) is 1. The first kappa shape index (κ1) is 18.0. The Morgan fingerprint density at radius 1 is 1.09 bits per heavy atom. The summed E-state index contributed by atoms with van der Waals surface area (Å²) in [5.74, 6) is -0.400. The number of esters is 1. The third-order valence-corrected chi connectivity index (χ3v) is 4.16. The lowest BCUT2D eigenvalue weighted by atomic mass is 9.87. The molecule has 5 heteroatoms. The molecule has 0 heterocycles. The Labute approximate surface area is 132 Å². The van der Waals surface area contributed by atoms with Crippen LogP contribution in [0.3, 0.4) is 0 Å². The molecule has 0 saturated carbocycles. The van der Waals surface area contributed by atoms with Crippen molar-refractivity contribution >= 4 is 11.9 Å². The van der Waals surface area contributed by atoms with Crippen LogP contribution in [0.5, 0.6) is 5.75 Å². The number of amides is 1. The van der Waals surface area contributed by atoms with E-state index in [1.54, 1.807) is 33.1 Å². The molecule has 0 aliphatic carbocycles. The summed E-state index contributed by atoms with van der Waals surface area (Å²) < 4.78 is 9.93. The second kappa shape index (κ2) is 7.29. The standard InChI is InChI=1S/C17H25NO4/c1-11(2)17(4,16(20)22-6)18-15(19)12(3)13-7-9-14(21-5)10-8-13/h7-12H,1-6H3,(H,18,19). The highest BCUT2D eigenvalue weighted by Crippen LogP contribution is 2.23. The average molecular weight is 307 g/mol. The third kappa shape index (κ3) is 3.78. The van der Waals surface area contributed by atoms with Crippen LogP contribution in [-0.2, 0) is 14.3 Å². The van der Waals surface area contributed by atoms with Crippen molar-refractivity contribution in [3.8, 4) is 5.75 Å². The molecule has 0 aromatic heterocycles. The van der Waals surface area contributed by atoms with Crippen molar-refractivity contribution in [1.29, 1.82) is 0 Å². The van der Waals surface area contributed by atoms with E-state index in [2.05, 4.69) is 5.32 Å². The summed E-state index contributed by atoms with van der Waals surface area (Å²) in [5, 5.41) is 2.83. The van der Waals surface area contributed by atoms with Crippen LogP contribution in [0.2, 0.25) is 0 Å². The summed E-state index contributed by atoms with van der Waals surface area (Å²) in [7, 11) is 2.91. The molecule has 0 saturated heterocycles. The molecule has 0 aliphatic rings. The number of carbonyl (C=O) groups excluding carboxylic acids is 2. The summed E-state index contributed by atoms with van der Waals surface area (Å²) in [6.07, 6.45) is 0. The maximum Gasteiger partial charge on any atom is 0.331 e. The third-order valence-electron chi connectivity index (χ3n) is 4.16. The van der Waals surface area contributed by atoms with Gasteiger partial charge in [0.2, 0.25) is 5.91 Å². The monoisotopic (exact) mass is 307 g/mol. The van der Waals surface area contributed by atoms with Crippen LogP contribution in [0, 0.1) is 5.92 Å². The van der Waals surface area contributed by atoms with Gasteiger partial charge in [-0.25, -0.2) is 4.79 Å². The van der Waals surface area contributed by atoms with Gasteiger partial charge in [-0.3, -0.25) is 4.79 Å². The van der Waals surface area contributed by atoms with Crippen LogP contribution in [-0.4, -0.2) is 31.6 Å². The van der Waals surface area contributed by atoms with Gasteiger partial charge in [0.1, 0.15) is 11.3 Å². The van der Waals surface area contributed by atoms with E-state index in [4.69, 9.17) is 9.47 Å².